The van der Waals surface area contributed by atoms with Gasteiger partial charge in [0.1, 0.15) is 10.8 Å². The lowest BCUT2D eigenvalue weighted by Gasteiger charge is -2.15. The van der Waals surface area contributed by atoms with E-state index >= 15 is 0 Å². The molecule has 2 heterocycles. The van der Waals surface area contributed by atoms with Gasteiger partial charge in [0.2, 0.25) is 6.79 Å². The van der Waals surface area contributed by atoms with Crippen LogP contribution in [0.2, 0.25) is 0 Å². The molecule has 2 amide bonds. The number of benzene rings is 2. The number of hydrogen-bond donors (Lipinski definition) is 0. The smallest absolute Gasteiger partial charge is 0.273 e. The van der Waals surface area contributed by atoms with Gasteiger partial charge in [-0.1, -0.05) is 36.7 Å². The molecular formula is C21H18ClNO5. The second kappa shape index (κ2) is 7.56. The zero-order valence-corrected chi connectivity index (χ0v) is 16.0. The maximum atomic E-state index is 12.9. The van der Waals surface area contributed by atoms with Crippen LogP contribution in [0.15, 0.2) is 47.5 Å². The summed E-state index contributed by atoms with van der Waals surface area (Å²) in [7, 11) is 0. The Hall–Kier alpha value is -2.99. The molecule has 0 fully saturated rings. The summed E-state index contributed by atoms with van der Waals surface area (Å²) in [6.07, 6.45) is 0.903. The molecule has 7 heteroatoms. The monoisotopic (exact) mass is 399 g/mol. The fraction of sp³-hybridized carbons (Fsp3) is 0.238. The molecular weight excluding hydrogens is 382 g/mol. The molecule has 0 atom stereocenters. The minimum Gasteiger partial charge on any atom is -0.494 e. The van der Waals surface area contributed by atoms with Crippen molar-refractivity contribution in [1.82, 2.24) is 4.90 Å². The Balaban J connectivity index is 1.54. The molecule has 0 saturated heterocycles. The Kier molecular flexibility index (Phi) is 4.96. The molecule has 2 aliphatic heterocycles. The molecule has 0 aliphatic carbocycles. The number of ether oxygens (including phenoxy) is 3. The van der Waals surface area contributed by atoms with Crippen LogP contribution in [0.1, 0.15) is 24.5 Å². The molecule has 2 aromatic rings. The Morgan fingerprint density at radius 3 is 2.54 bits per heavy atom. The van der Waals surface area contributed by atoms with E-state index in [1.807, 2.05) is 6.92 Å². The number of carbonyl (C=O) groups is 2. The van der Waals surface area contributed by atoms with Crippen LogP contribution in [-0.2, 0) is 16.1 Å². The number of nitrogens with zero attached hydrogens (tertiary/aromatic N) is 1. The van der Waals surface area contributed by atoms with Crippen LogP contribution < -0.4 is 14.2 Å². The summed E-state index contributed by atoms with van der Waals surface area (Å²) >= 11 is 6.23. The maximum absolute atomic E-state index is 12.9. The van der Waals surface area contributed by atoms with Crippen molar-refractivity contribution >= 4 is 29.0 Å². The average molecular weight is 400 g/mol. The van der Waals surface area contributed by atoms with Gasteiger partial charge in [0.05, 0.1) is 18.7 Å². The largest absolute Gasteiger partial charge is 0.494 e. The summed E-state index contributed by atoms with van der Waals surface area (Å²) < 4.78 is 16.2. The highest BCUT2D eigenvalue weighted by Gasteiger charge is 2.38. The van der Waals surface area contributed by atoms with Crippen molar-refractivity contribution in [2.24, 2.45) is 0 Å². The number of imide groups is 1. The molecule has 4 rings (SSSR count). The van der Waals surface area contributed by atoms with Crippen LogP contribution >= 0.6 is 11.6 Å². The van der Waals surface area contributed by atoms with Crippen LogP contribution in [0.5, 0.6) is 17.2 Å². The third-order valence-electron chi connectivity index (χ3n) is 4.50. The number of carbonyl (C=O) groups excluding carboxylic acids is 2. The Morgan fingerprint density at radius 2 is 1.79 bits per heavy atom. The zero-order chi connectivity index (χ0) is 19.7. The van der Waals surface area contributed by atoms with E-state index in [1.54, 1.807) is 42.5 Å². The molecule has 6 nitrogen and oxygen atoms in total. The summed E-state index contributed by atoms with van der Waals surface area (Å²) in [5, 5.41) is -0.0760. The van der Waals surface area contributed by atoms with Gasteiger partial charge < -0.3 is 14.2 Å². The van der Waals surface area contributed by atoms with Gasteiger partial charge in [-0.15, -0.1) is 0 Å². The van der Waals surface area contributed by atoms with Gasteiger partial charge in [0.25, 0.3) is 11.8 Å². The van der Waals surface area contributed by atoms with Crippen molar-refractivity contribution < 1.29 is 23.8 Å². The first-order valence-corrected chi connectivity index (χ1v) is 9.34. The van der Waals surface area contributed by atoms with Gasteiger partial charge in [-0.2, -0.15) is 0 Å². The Bertz CT molecular complexity index is 967. The molecule has 0 radical (unpaired) electrons. The number of amides is 2. The maximum Gasteiger partial charge on any atom is 0.273 e. The van der Waals surface area contributed by atoms with Gasteiger partial charge in [-0.3, -0.25) is 14.5 Å². The first-order chi connectivity index (χ1) is 13.6. The molecule has 2 aliphatic rings. The molecule has 0 aromatic heterocycles. The lowest BCUT2D eigenvalue weighted by molar-refractivity contribution is -0.137. The fourth-order valence-corrected chi connectivity index (χ4v) is 3.39. The van der Waals surface area contributed by atoms with Crippen LogP contribution in [0.3, 0.4) is 0 Å². The predicted molar refractivity (Wildman–Crippen MR) is 103 cm³/mol. The van der Waals surface area contributed by atoms with Gasteiger partial charge in [-0.25, -0.2) is 0 Å². The lowest BCUT2D eigenvalue weighted by Crippen LogP contribution is -2.30. The molecule has 28 heavy (non-hydrogen) atoms. The third kappa shape index (κ3) is 3.31. The van der Waals surface area contributed by atoms with Crippen molar-refractivity contribution in [3.8, 4) is 17.2 Å². The van der Waals surface area contributed by atoms with E-state index in [4.69, 9.17) is 25.8 Å². The minimum atomic E-state index is -0.509. The van der Waals surface area contributed by atoms with Gasteiger partial charge in [0.15, 0.2) is 11.5 Å². The minimum absolute atomic E-state index is 0.0760. The number of halogens is 1. The highest BCUT2D eigenvalue weighted by Crippen LogP contribution is 2.36. The van der Waals surface area contributed by atoms with Crippen molar-refractivity contribution in [3.05, 3.63) is 58.6 Å². The first kappa shape index (κ1) is 18.4. The van der Waals surface area contributed by atoms with Crippen LogP contribution in [0.4, 0.5) is 0 Å². The van der Waals surface area contributed by atoms with Crippen LogP contribution in [0, 0.1) is 0 Å². The van der Waals surface area contributed by atoms with Crippen LogP contribution in [0.25, 0.3) is 5.57 Å². The van der Waals surface area contributed by atoms with Crippen molar-refractivity contribution in [3.63, 3.8) is 0 Å². The van der Waals surface area contributed by atoms with Crippen molar-refractivity contribution in [1.29, 1.82) is 0 Å². The van der Waals surface area contributed by atoms with Crippen LogP contribution in [-0.4, -0.2) is 30.1 Å². The highest BCUT2D eigenvalue weighted by molar-refractivity contribution is 6.55. The zero-order valence-electron chi connectivity index (χ0n) is 15.2. The Morgan fingerprint density at radius 1 is 1.04 bits per heavy atom. The standard InChI is InChI=1S/C21H18ClNO5/c1-2-9-26-15-6-4-14(5-7-15)18-19(22)21(25)23(20(18)24)11-13-3-8-16-17(10-13)28-12-27-16/h3-8,10H,2,9,11-12H2,1H3. The van der Waals surface area contributed by atoms with E-state index in [1.165, 1.54) is 0 Å². The summed E-state index contributed by atoms with van der Waals surface area (Å²) in [4.78, 5) is 26.6. The molecule has 0 spiro atoms. The van der Waals surface area contributed by atoms with Crippen molar-refractivity contribution in [2.75, 3.05) is 13.4 Å². The molecule has 0 unspecified atom stereocenters. The van der Waals surface area contributed by atoms with E-state index in [-0.39, 0.29) is 23.9 Å². The third-order valence-corrected chi connectivity index (χ3v) is 4.86. The summed E-state index contributed by atoms with van der Waals surface area (Å²) in [6, 6.07) is 12.3. The van der Waals surface area contributed by atoms with E-state index in [0.29, 0.717) is 29.4 Å². The molecule has 144 valence electrons. The predicted octanol–water partition coefficient (Wildman–Crippen LogP) is 3.72. The quantitative estimate of drug-likeness (QED) is 0.692. The number of rotatable bonds is 6. The number of hydrogen-bond acceptors (Lipinski definition) is 5. The normalized spacial score (nSPS) is 15.6. The first-order valence-electron chi connectivity index (χ1n) is 8.96. The number of fused-ring (bicyclic) bond motifs is 1. The Labute approximate surface area is 167 Å². The van der Waals surface area contributed by atoms with E-state index < -0.39 is 11.8 Å². The van der Waals surface area contributed by atoms with Gasteiger partial charge in [-0.05, 0) is 41.8 Å². The average Bonchev–Trinajstić information content (AvgIpc) is 3.25. The highest BCUT2D eigenvalue weighted by atomic mass is 35.5. The second-order valence-electron chi connectivity index (χ2n) is 6.45. The summed E-state index contributed by atoms with van der Waals surface area (Å²) in [5.41, 5.74) is 1.54. The molecule has 0 N–H and O–H groups in total. The molecule has 0 saturated carbocycles. The van der Waals surface area contributed by atoms with Gasteiger partial charge >= 0.3 is 0 Å². The molecule has 0 bridgehead atoms. The van der Waals surface area contributed by atoms with E-state index in [9.17, 15) is 9.59 Å². The summed E-state index contributed by atoms with van der Waals surface area (Å²) in [6.45, 7) is 2.90. The summed E-state index contributed by atoms with van der Waals surface area (Å²) in [5.74, 6) is 1.01. The SMILES string of the molecule is CCCOc1ccc(C2=C(Cl)C(=O)N(Cc3ccc4c(c3)OCO4)C2=O)cc1. The lowest BCUT2D eigenvalue weighted by atomic mass is 10.1. The fourth-order valence-electron chi connectivity index (χ4n) is 3.10. The molecule has 2 aromatic carbocycles. The van der Waals surface area contributed by atoms with Crippen molar-refractivity contribution in [2.45, 2.75) is 19.9 Å². The van der Waals surface area contributed by atoms with Gasteiger partial charge in [0, 0.05) is 0 Å². The van der Waals surface area contributed by atoms with E-state index in [2.05, 4.69) is 0 Å². The van der Waals surface area contributed by atoms with E-state index in [0.717, 1.165) is 16.9 Å². The second-order valence-corrected chi connectivity index (χ2v) is 6.82. The topological polar surface area (TPSA) is 65.1 Å².